The van der Waals surface area contributed by atoms with Gasteiger partial charge in [-0.15, -0.1) is 5.92 Å². The van der Waals surface area contributed by atoms with Crippen LogP contribution in [0.15, 0.2) is 16.7 Å². The van der Waals surface area contributed by atoms with Gasteiger partial charge in [-0.05, 0) is 42.8 Å². The molecule has 0 spiro atoms. The molecule has 0 radical (unpaired) electrons. The van der Waals surface area contributed by atoms with Crippen molar-refractivity contribution in [2.45, 2.75) is 26.8 Å². The van der Waals surface area contributed by atoms with Gasteiger partial charge in [-0.25, -0.2) is 0 Å². The molecule has 1 rings (SSSR count). The van der Waals surface area contributed by atoms with E-state index in [0.717, 1.165) is 4.47 Å². The molecule has 0 saturated heterocycles. The summed E-state index contributed by atoms with van der Waals surface area (Å²) in [7, 11) is 0. The number of carbonyl (C=O) groups is 1. The maximum atomic E-state index is 11.8. The van der Waals surface area contributed by atoms with Gasteiger partial charge in [-0.3, -0.25) is 4.79 Å². The molecule has 0 bridgehead atoms. The first kappa shape index (κ1) is 12.9. The second kappa shape index (κ2) is 5.76. The van der Waals surface area contributed by atoms with Gasteiger partial charge < -0.3 is 9.88 Å². The molecule has 86 valence electrons. The molecule has 0 aliphatic rings. The van der Waals surface area contributed by atoms with Crippen LogP contribution in [0.2, 0.25) is 0 Å². The molecule has 1 N–H and O–H groups in total. The second-order valence-corrected chi connectivity index (χ2v) is 4.57. The number of nitrogens with zero attached hydrogens (tertiary/aromatic N) is 1. The summed E-state index contributed by atoms with van der Waals surface area (Å²) in [5.41, 5.74) is 0.653. The Labute approximate surface area is 104 Å². The van der Waals surface area contributed by atoms with Crippen LogP contribution in [0.4, 0.5) is 0 Å². The van der Waals surface area contributed by atoms with Crippen molar-refractivity contribution >= 4 is 21.8 Å². The van der Waals surface area contributed by atoms with Crippen molar-refractivity contribution < 1.29 is 4.79 Å². The van der Waals surface area contributed by atoms with Gasteiger partial charge >= 0.3 is 0 Å². The molecular weight excluding hydrogens is 268 g/mol. The molecule has 0 fully saturated rings. The highest BCUT2D eigenvalue weighted by Crippen LogP contribution is 2.19. The van der Waals surface area contributed by atoms with E-state index in [1.165, 1.54) is 0 Å². The molecule has 4 heteroatoms. The van der Waals surface area contributed by atoms with Gasteiger partial charge in [0.2, 0.25) is 0 Å². The fourth-order valence-corrected chi connectivity index (χ4v) is 1.80. The third-order valence-electron chi connectivity index (χ3n) is 2.12. The zero-order chi connectivity index (χ0) is 12.1. The number of rotatable bonds is 3. The number of hydrogen-bond acceptors (Lipinski definition) is 1. The lowest BCUT2D eigenvalue weighted by molar-refractivity contribution is 0.0948. The second-order valence-electron chi connectivity index (χ2n) is 3.65. The zero-order valence-corrected chi connectivity index (χ0v) is 11.3. The molecule has 0 aliphatic carbocycles. The highest BCUT2D eigenvalue weighted by atomic mass is 79.9. The van der Waals surface area contributed by atoms with Crippen molar-refractivity contribution in [2.75, 3.05) is 6.54 Å². The Morgan fingerprint density at radius 3 is 2.88 bits per heavy atom. The first-order valence-electron chi connectivity index (χ1n) is 5.11. The normalized spacial score (nSPS) is 9.81. The van der Waals surface area contributed by atoms with Gasteiger partial charge in [0.15, 0.2) is 0 Å². The number of hydrogen-bond donors (Lipinski definition) is 1. The van der Waals surface area contributed by atoms with Crippen LogP contribution in [0.3, 0.4) is 0 Å². The minimum absolute atomic E-state index is 0.0952. The predicted octanol–water partition coefficient (Wildman–Crippen LogP) is 2.58. The van der Waals surface area contributed by atoms with Gasteiger partial charge in [-0.1, -0.05) is 5.92 Å². The Morgan fingerprint density at radius 1 is 1.62 bits per heavy atom. The quantitative estimate of drug-likeness (QED) is 0.850. The first-order valence-corrected chi connectivity index (χ1v) is 5.90. The Kier molecular flexibility index (Phi) is 4.63. The Hall–Kier alpha value is -1.21. The molecule has 0 aromatic carbocycles. The van der Waals surface area contributed by atoms with Crippen LogP contribution in [-0.4, -0.2) is 17.0 Å². The van der Waals surface area contributed by atoms with Gasteiger partial charge in [0, 0.05) is 16.7 Å². The number of carbonyl (C=O) groups excluding carboxylic acids is 1. The van der Waals surface area contributed by atoms with Crippen LogP contribution in [0.5, 0.6) is 0 Å². The molecule has 1 heterocycles. The third kappa shape index (κ3) is 3.14. The molecule has 0 saturated carbocycles. The Morgan fingerprint density at radius 2 is 2.31 bits per heavy atom. The fraction of sp³-hybridized carbons (Fsp3) is 0.417. The molecule has 3 nitrogen and oxygen atoms in total. The lowest BCUT2D eigenvalue weighted by atomic mass is 10.3. The van der Waals surface area contributed by atoms with Crippen molar-refractivity contribution in [3.63, 3.8) is 0 Å². The summed E-state index contributed by atoms with van der Waals surface area (Å²) >= 11 is 3.37. The number of aromatic nitrogens is 1. The molecule has 1 aromatic rings. The van der Waals surface area contributed by atoms with Crippen LogP contribution in [0, 0.1) is 11.8 Å². The zero-order valence-electron chi connectivity index (χ0n) is 9.67. The van der Waals surface area contributed by atoms with Gasteiger partial charge in [-0.2, -0.15) is 0 Å². The van der Waals surface area contributed by atoms with Gasteiger partial charge in [0.05, 0.1) is 6.54 Å². The third-order valence-corrected chi connectivity index (χ3v) is 2.55. The van der Waals surface area contributed by atoms with Crippen molar-refractivity contribution in [2.24, 2.45) is 0 Å². The average molecular weight is 283 g/mol. The van der Waals surface area contributed by atoms with Crippen molar-refractivity contribution in [3.8, 4) is 11.8 Å². The van der Waals surface area contributed by atoms with Crippen LogP contribution >= 0.6 is 15.9 Å². The SMILES string of the molecule is CC#CCNC(=O)c1cc(Br)cn1C(C)C. The molecule has 1 aromatic heterocycles. The van der Waals surface area contributed by atoms with E-state index >= 15 is 0 Å². The smallest absolute Gasteiger partial charge is 0.268 e. The topological polar surface area (TPSA) is 34.0 Å². The molecule has 0 unspecified atom stereocenters. The van der Waals surface area contributed by atoms with Gasteiger partial charge in [0.25, 0.3) is 5.91 Å². The van der Waals surface area contributed by atoms with E-state index in [2.05, 4.69) is 33.1 Å². The fourth-order valence-electron chi connectivity index (χ4n) is 1.36. The number of halogens is 1. The van der Waals surface area contributed by atoms with Crippen LogP contribution in [0.25, 0.3) is 0 Å². The summed E-state index contributed by atoms with van der Waals surface area (Å²) < 4.78 is 2.84. The maximum absolute atomic E-state index is 11.8. The standard InChI is InChI=1S/C12H15BrN2O/c1-4-5-6-14-12(16)11-7-10(13)8-15(11)9(2)3/h7-9H,6H2,1-3H3,(H,14,16). The monoisotopic (exact) mass is 282 g/mol. The lowest BCUT2D eigenvalue weighted by Crippen LogP contribution is -2.26. The van der Waals surface area contributed by atoms with Crippen molar-refractivity contribution in [3.05, 3.63) is 22.4 Å². The van der Waals surface area contributed by atoms with Crippen molar-refractivity contribution in [1.82, 2.24) is 9.88 Å². The van der Waals surface area contributed by atoms with Crippen LogP contribution < -0.4 is 5.32 Å². The Bertz CT molecular complexity index is 438. The number of nitrogens with one attached hydrogen (secondary N) is 1. The summed E-state index contributed by atoms with van der Waals surface area (Å²) in [6, 6.07) is 2.07. The molecule has 16 heavy (non-hydrogen) atoms. The highest BCUT2D eigenvalue weighted by molar-refractivity contribution is 9.10. The summed E-state index contributed by atoms with van der Waals surface area (Å²) in [4.78, 5) is 11.8. The van der Waals surface area contributed by atoms with Crippen molar-refractivity contribution in [1.29, 1.82) is 0 Å². The summed E-state index contributed by atoms with van der Waals surface area (Å²) in [5.74, 6) is 5.44. The molecule has 0 aliphatic heterocycles. The summed E-state index contributed by atoms with van der Waals surface area (Å²) in [6.45, 7) is 6.21. The van der Waals surface area contributed by atoms with E-state index < -0.39 is 0 Å². The average Bonchev–Trinajstić information content (AvgIpc) is 2.61. The Balaban J connectivity index is 2.84. The van der Waals surface area contributed by atoms with E-state index in [0.29, 0.717) is 12.2 Å². The van der Waals surface area contributed by atoms with E-state index in [-0.39, 0.29) is 11.9 Å². The number of amides is 1. The lowest BCUT2D eigenvalue weighted by Gasteiger charge is -2.11. The molecule has 1 amide bonds. The maximum Gasteiger partial charge on any atom is 0.268 e. The van der Waals surface area contributed by atoms with Crippen LogP contribution in [0.1, 0.15) is 37.3 Å². The van der Waals surface area contributed by atoms with E-state index in [1.54, 1.807) is 6.92 Å². The minimum Gasteiger partial charge on any atom is -0.340 e. The first-order chi connectivity index (χ1) is 7.56. The van der Waals surface area contributed by atoms with Crippen LogP contribution in [-0.2, 0) is 0 Å². The largest absolute Gasteiger partial charge is 0.340 e. The highest BCUT2D eigenvalue weighted by Gasteiger charge is 2.13. The molecule has 0 atom stereocenters. The minimum atomic E-state index is -0.0952. The predicted molar refractivity (Wildman–Crippen MR) is 68.3 cm³/mol. The summed E-state index contributed by atoms with van der Waals surface area (Å²) in [6.07, 6.45) is 1.91. The van der Waals surface area contributed by atoms with E-state index in [9.17, 15) is 4.79 Å². The molecular formula is C12H15BrN2O. The van der Waals surface area contributed by atoms with E-state index in [1.807, 2.05) is 30.7 Å². The van der Waals surface area contributed by atoms with Gasteiger partial charge in [0.1, 0.15) is 5.69 Å². The summed E-state index contributed by atoms with van der Waals surface area (Å²) in [5, 5.41) is 2.75. The van der Waals surface area contributed by atoms with E-state index in [4.69, 9.17) is 0 Å².